The minimum absolute atomic E-state index is 0.508. The predicted molar refractivity (Wildman–Crippen MR) is 127 cm³/mol. The van der Waals surface area contributed by atoms with E-state index in [1.54, 1.807) is 25.7 Å². The number of hydrogen-bond acceptors (Lipinski definition) is 8. The highest BCUT2D eigenvalue weighted by atomic mass is 16.5. The molecule has 0 amide bonds. The van der Waals surface area contributed by atoms with Crippen LogP contribution in [-0.4, -0.2) is 49.7 Å². The zero-order valence-electron chi connectivity index (χ0n) is 18.3. The second-order valence-corrected chi connectivity index (χ2v) is 7.84. The third-order valence-corrected chi connectivity index (χ3v) is 5.90. The molecule has 2 aliphatic heterocycles. The zero-order chi connectivity index (χ0) is 22.6. The molecule has 1 unspecified atom stereocenters. The molecule has 3 aromatic rings. The Morgan fingerprint density at radius 3 is 2.76 bits per heavy atom. The second-order valence-electron chi connectivity index (χ2n) is 7.84. The first kappa shape index (κ1) is 21.0. The summed E-state index contributed by atoms with van der Waals surface area (Å²) in [5.41, 5.74) is 5.59. The normalized spacial score (nSPS) is 17.4. The van der Waals surface area contributed by atoms with Gasteiger partial charge in [0.25, 0.3) is 0 Å². The van der Waals surface area contributed by atoms with Gasteiger partial charge in [-0.2, -0.15) is 0 Å². The summed E-state index contributed by atoms with van der Waals surface area (Å²) in [4.78, 5) is 23.0. The van der Waals surface area contributed by atoms with Gasteiger partial charge in [0.1, 0.15) is 23.9 Å². The van der Waals surface area contributed by atoms with E-state index in [0.29, 0.717) is 11.6 Å². The van der Waals surface area contributed by atoms with Gasteiger partial charge in [-0.15, -0.1) is 0 Å². The van der Waals surface area contributed by atoms with Crippen molar-refractivity contribution in [1.82, 2.24) is 15.3 Å². The molecule has 0 bridgehead atoms. The molecule has 1 fully saturated rings. The smallest absolute Gasteiger partial charge is 0.146 e. The van der Waals surface area contributed by atoms with Crippen LogP contribution in [0.1, 0.15) is 22.7 Å². The average molecular weight is 444 g/mol. The summed E-state index contributed by atoms with van der Waals surface area (Å²) in [5.74, 6) is 1.30. The highest BCUT2D eigenvalue weighted by molar-refractivity contribution is 5.88. The number of fused-ring (bicyclic) bond motifs is 1. The SMILES string of the molecule is COc1cncc(C2=CNC(C=O)c3c2ccnc3Nc2ccc(N3CCOCC3)cc2)c1. The number of benzene rings is 1. The lowest BCUT2D eigenvalue weighted by molar-refractivity contribution is -0.109. The molecule has 1 aromatic carbocycles. The summed E-state index contributed by atoms with van der Waals surface area (Å²) < 4.78 is 10.8. The Bertz CT molecular complexity index is 1170. The van der Waals surface area contributed by atoms with Crippen LogP contribution >= 0.6 is 0 Å². The summed E-state index contributed by atoms with van der Waals surface area (Å²) in [7, 11) is 1.61. The molecule has 0 spiro atoms. The molecule has 8 heteroatoms. The van der Waals surface area contributed by atoms with Gasteiger partial charge in [0, 0.05) is 59.8 Å². The Labute approximate surface area is 192 Å². The topological polar surface area (TPSA) is 88.6 Å². The molecule has 1 saturated heterocycles. The zero-order valence-corrected chi connectivity index (χ0v) is 18.3. The molecule has 0 aliphatic carbocycles. The van der Waals surface area contributed by atoms with Gasteiger partial charge in [0.05, 0.1) is 26.5 Å². The highest BCUT2D eigenvalue weighted by Gasteiger charge is 2.26. The van der Waals surface area contributed by atoms with Crippen molar-refractivity contribution in [2.75, 3.05) is 43.6 Å². The number of nitrogens with one attached hydrogen (secondary N) is 2. The number of nitrogens with zero attached hydrogens (tertiary/aromatic N) is 3. The van der Waals surface area contributed by atoms with Crippen LogP contribution in [0.2, 0.25) is 0 Å². The number of carbonyl (C=O) groups is 1. The van der Waals surface area contributed by atoms with Crippen LogP contribution in [0.25, 0.3) is 5.57 Å². The van der Waals surface area contributed by atoms with E-state index in [9.17, 15) is 4.79 Å². The summed E-state index contributed by atoms with van der Waals surface area (Å²) in [5, 5.41) is 6.59. The third kappa shape index (κ3) is 4.25. The minimum Gasteiger partial charge on any atom is -0.495 e. The summed E-state index contributed by atoms with van der Waals surface area (Å²) in [6.45, 7) is 3.28. The van der Waals surface area contributed by atoms with Crippen LogP contribution in [-0.2, 0) is 9.53 Å². The number of methoxy groups -OCH3 is 1. The Balaban J connectivity index is 1.46. The maximum absolute atomic E-state index is 11.9. The fourth-order valence-electron chi connectivity index (χ4n) is 4.19. The molecule has 8 nitrogen and oxygen atoms in total. The Kier molecular flexibility index (Phi) is 5.91. The largest absolute Gasteiger partial charge is 0.495 e. The van der Waals surface area contributed by atoms with Gasteiger partial charge in [-0.3, -0.25) is 4.98 Å². The van der Waals surface area contributed by atoms with E-state index in [-0.39, 0.29) is 0 Å². The van der Waals surface area contributed by atoms with Crippen LogP contribution in [0.15, 0.2) is 61.2 Å². The van der Waals surface area contributed by atoms with E-state index in [4.69, 9.17) is 9.47 Å². The number of carbonyl (C=O) groups excluding carboxylic acids is 1. The molecule has 0 radical (unpaired) electrons. The van der Waals surface area contributed by atoms with Crippen LogP contribution in [0.5, 0.6) is 5.75 Å². The number of aromatic nitrogens is 2. The number of anilines is 3. The van der Waals surface area contributed by atoms with Crippen molar-refractivity contribution in [3.63, 3.8) is 0 Å². The lowest BCUT2D eigenvalue weighted by Crippen LogP contribution is -2.36. The standard InChI is InChI=1S/C25H25N5O3/c1-32-20-12-17(13-26-14-20)22-15-28-23(16-31)24-21(22)6-7-27-25(24)29-18-2-4-19(5-3-18)30-8-10-33-11-9-30/h2-7,12-16,23,28H,8-11H2,1H3,(H,27,29). The quantitative estimate of drug-likeness (QED) is 0.561. The van der Waals surface area contributed by atoms with Crippen molar-refractivity contribution in [3.05, 3.63) is 77.9 Å². The lowest BCUT2D eigenvalue weighted by atomic mass is 9.90. The van der Waals surface area contributed by atoms with Crippen molar-refractivity contribution in [3.8, 4) is 5.75 Å². The first-order chi connectivity index (χ1) is 16.3. The Morgan fingerprint density at radius 1 is 1.18 bits per heavy atom. The number of pyridine rings is 2. The number of morpholine rings is 1. The van der Waals surface area contributed by atoms with Gasteiger partial charge < -0.3 is 29.8 Å². The van der Waals surface area contributed by atoms with Gasteiger partial charge >= 0.3 is 0 Å². The van der Waals surface area contributed by atoms with Crippen molar-refractivity contribution in [2.24, 2.45) is 0 Å². The molecule has 5 rings (SSSR count). The van der Waals surface area contributed by atoms with Crippen molar-refractivity contribution in [2.45, 2.75) is 6.04 Å². The fourth-order valence-corrected chi connectivity index (χ4v) is 4.19. The first-order valence-corrected chi connectivity index (χ1v) is 10.9. The van der Waals surface area contributed by atoms with Gasteiger partial charge in [-0.1, -0.05) is 0 Å². The van der Waals surface area contributed by atoms with Gasteiger partial charge in [-0.05, 0) is 42.0 Å². The molecular formula is C25H25N5O3. The molecule has 2 aliphatic rings. The lowest BCUT2D eigenvalue weighted by Gasteiger charge is -2.29. The van der Waals surface area contributed by atoms with Gasteiger partial charge in [0.2, 0.25) is 0 Å². The molecular weight excluding hydrogens is 418 g/mol. The monoisotopic (exact) mass is 443 g/mol. The van der Waals surface area contributed by atoms with Gasteiger partial charge in [-0.25, -0.2) is 4.98 Å². The molecule has 1 atom stereocenters. The van der Waals surface area contributed by atoms with Crippen molar-refractivity contribution in [1.29, 1.82) is 0 Å². The molecule has 4 heterocycles. The molecule has 0 saturated carbocycles. The maximum Gasteiger partial charge on any atom is 0.146 e. The predicted octanol–water partition coefficient (Wildman–Crippen LogP) is 3.30. The second kappa shape index (κ2) is 9.30. The van der Waals surface area contributed by atoms with Crippen molar-refractivity contribution < 1.29 is 14.3 Å². The molecule has 2 N–H and O–H groups in total. The third-order valence-electron chi connectivity index (χ3n) is 5.90. The molecule has 168 valence electrons. The summed E-state index contributed by atoms with van der Waals surface area (Å²) in [6, 6.07) is 11.6. The van der Waals surface area contributed by atoms with Gasteiger partial charge in [0.15, 0.2) is 0 Å². The number of aldehydes is 1. The van der Waals surface area contributed by atoms with E-state index in [0.717, 1.165) is 66.2 Å². The highest BCUT2D eigenvalue weighted by Crippen LogP contribution is 2.37. The number of rotatable bonds is 6. The van der Waals surface area contributed by atoms with E-state index in [2.05, 4.69) is 37.6 Å². The first-order valence-electron chi connectivity index (χ1n) is 10.9. The minimum atomic E-state index is -0.508. The average Bonchev–Trinajstić information content (AvgIpc) is 2.89. The Hall–Kier alpha value is -3.91. The molecule has 33 heavy (non-hydrogen) atoms. The fraction of sp³-hybridized carbons (Fsp3) is 0.240. The van der Waals surface area contributed by atoms with E-state index < -0.39 is 6.04 Å². The van der Waals surface area contributed by atoms with Crippen LogP contribution in [0.4, 0.5) is 17.2 Å². The summed E-state index contributed by atoms with van der Waals surface area (Å²) in [6.07, 6.45) is 7.93. The van der Waals surface area contributed by atoms with E-state index >= 15 is 0 Å². The summed E-state index contributed by atoms with van der Waals surface area (Å²) >= 11 is 0. The van der Waals surface area contributed by atoms with Crippen LogP contribution < -0.4 is 20.3 Å². The van der Waals surface area contributed by atoms with E-state index in [1.165, 1.54) is 0 Å². The molecule has 2 aromatic heterocycles. The number of ether oxygens (including phenoxy) is 2. The van der Waals surface area contributed by atoms with E-state index in [1.807, 2.05) is 30.5 Å². The Morgan fingerprint density at radius 2 is 2.00 bits per heavy atom. The van der Waals surface area contributed by atoms with Crippen molar-refractivity contribution >= 4 is 29.1 Å². The van der Waals surface area contributed by atoms with Crippen LogP contribution in [0.3, 0.4) is 0 Å². The maximum atomic E-state index is 11.9. The number of hydrogen-bond donors (Lipinski definition) is 2. The van der Waals surface area contributed by atoms with Crippen LogP contribution in [0, 0.1) is 0 Å².